The van der Waals surface area contributed by atoms with Gasteiger partial charge in [0.15, 0.2) is 0 Å². The number of rotatable bonds is 6. The lowest BCUT2D eigenvalue weighted by Crippen LogP contribution is -2.32. The first-order valence-electron chi connectivity index (χ1n) is 9.06. The van der Waals surface area contributed by atoms with Crippen LogP contribution in [-0.4, -0.2) is 42.4 Å². The molecular formula is C21H25N3O2. The zero-order chi connectivity index (χ0) is 18.4. The molecule has 0 spiro atoms. The van der Waals surface area contributed by atoms with E-state index in [1.54, 1.807) is 12.1 Å². The Hall–Kier alpha value is -2.66. The summed E-state index contributed by atoms with van der Waals surface area (Å²) in [6.45, 7) is 1.75. The number of benzene rings is 2. The van der Waals surface area contributed by atoms with Crippen LogP contribution in [0.3, 0.4) is 0 Å². The Labute approximate surface area is 154 Å². The topological polar surface area (TPSA) is 75.4 Å². The highest BCUT2D eigenvalue weighted by Gasteiger charge is 2.33. The smallest absolute Gasteiger partial charge is 0.251 e. The molecule has 3 rings (SSSR count). The third kappa shape index (κ3) is 4.49. The van der Waals surface area contributed by atoms with E-state index in [4.69, 9.17) is 5.73 Å². The minimum Gasteiger partial charge on any atom is -0.352 e. The molecule has 0 unspecified atom stereocenters. The highest BCUT2D eigenvalue weighted by Crippen LogP contribution is 2.26. The van der Waals surface area contributed by atoms with Crippen molar-refractivity contribution in [1.82, 2.24) is 10.2 Å². The summed E-state index contributed by atoms with van der Waals surface area (Å²) in [6, 6.07) is 19.2. The van der Waals surface area contributed by atoms with E-state index in [1.807, 2.05) is 41.3 Å². The molecule has 0 aromatic heterocycles. The van der Waals surface area contributed by atoms with Crippen LogP contribution in [0.1, 0.15) is 34.7 Å². The molecule has 1 aliphatic heterocycles. The molecule has 26 heavy (non-hydrogen) atoms. The number of nitrogens with two attached hydrogens (primary N) is 1. The van der Waals surface area contributed by atoms with Gasteiger partial charge in [-0.3, -0.25) is 9.59 Å². The Kier molecular flexibility index (Phi) is 6.02. The predicted molar refractivity (Wildman–Crippen MR) is 102 cm³/mol. The fourth-order valence-corrected chi connectivity index (χ4v) is 3.38. The van der Waals surface area contributed by atoms with Crippen molar-refractivity contribution in [2.45, 2.75) is 24.8 Å². The number of carbonyl (C=O) groups is 2. The molecule has 0 radical (unpaired) electrons. The Morgan fingerprint density at radius 2 is 1.65 bits per heavy atom. The van der Waals surface area contributed by atoms with Gasteiger partial charge in [-0.05, 0) is 24.1 Å². The fraction of sp³-hybridized carbons (Fsp3) is 0.333. The van der Waals surface area contributed by atoms with E-state index in [0.717, 1.165) is 0 Å². The van der Waals surface area contributed by atoms with Crippen molar-refractivity contribution in [3.63, 3.8) is 0 Å². The summed E-state index contributed by atoms with van der Waals surface area (Å²) in [7, 11) is 0. The highest BCUT2D eigenvalue weighted by molar-refractivity contribution is 5.94. The molecule has 0 saturated carbocycles. The van der Waals surface area contributed by atoms with Gasteiger partial charge in [-0.15, -0.1) is 0 Å². The zero-order valence-corrected chi connectivity index (χ0v) is 14.8. The van der Waals surface area contributed by atoms with Crippen molar-refractivity contribution >= 4 is 11.8 Å². The molecule has 2 atom stereocenters. The first-order chi connectivity index (χ1) is 12.6. The molecule has 1 aliphatic rings. The van der Waals surface area contributed by atoms with Crippen molar-refractivity contribution < 1.29 is 9.59 Å². The Morgan fingerprint density at radius 3 is 2.35 bits per heavy atom. The van der Waals surface area contributed by atoms with Crippen LogP contribution in [0.5, 0.6) is 0 Å². The van der Waals surface area contributed by atoms with Crippen LogP contribution in [0.15, 0.2) is 60.7 Å². The maximum atomic E-state index is 12.4. The quantitative estimate of drug-likeness (QED) is 0.783. The van der Waals surface area contributed by atoms with Crippen LogP contribution in [-0.2, 0) is 4.79 Å². The second kappa shape index (κ2) is 8.63. The Balaban J connectivity index is 1.42. The first kappa shape index (κ1) is 18.1. The molecular weight excluding hydrogens is 326 g/mol. The van der Waals surface area contributed by atoms with Crippen LogP contribution < -0.4 is 11.1 Å². The van der Waals surface area contributed by atoms with Crippen LogP contribution in [0, 0.1) is 0 Å². The van der Waals surface area contributed by atoms with E-state index < -0.39 is 0 Å². The van der Waals surface area contributed by atoms with Gasteiger partial charge in [0.25, 0.3) is 5.91 Å². The Morgan fingerprint density at radius 1 is 1.00 bits per heavy atom. The number of likely N-dealkylation sites (tertiary alicyclic amines) is 1. The lowest BCUT2D eigenvalue weighted by Gasteiger charge is -2.16. The van der Waals surface area contributed by atoms with Crippen molar-refractivity contribution in [3.8, 4) is 0 Å². The maximum Gasteiger partial charge on any atom is 0.251 e. The molecule has 1 saturated heterocycles. The lowest BCUT2D eigenvalue weighted by molar-refractivity contribution is -0.130. The van der Waals surface area contributed by atoms with E-state index in [2.05, 4.69) is 17.4 Å². The van der Waals surface area contributed by atoms with Crippen molar-refractivity contribution in [2.75, 3.05) is 19.6 Å². The van der Waals surface area contributed by atoms with E-state index in [1.165, 1.54) is 5.56 Å². The molecule has 2 aromatic rings. The number of nitrogens with one attached hydrogen (secondary N) is 1. The van der Waals surface area contributed by atoms with Gasteiger partial charge in [0, 0.05) is 43.6 Å². The normalized spacial score (nSPS) is 19.3. The van der Waals surface area contributed by atoms with E-state index in [0.29, 0.717) is 38.0 Å². The first-order valence-corrected chi connectivity index (χ1v) is 9.06. The fourth-order valence-electron chi connectivity index (χ4n) is 3.38. The van der Waals surface area contributed by atoms with Gasteiger partial charge in [-0.25, -0.2) is 0 Å². The van der Waals surface area contributed by atoms with Crippen LogP contribution in [0.25, 0.3) is 0 Å². The number of carbonyl (C=O) groups excluding carboxylic acids is 2. The standard InChI is InChI=1S/C21H25N3O2/c22-19-15-24(14-18(19)16-8-3-1-4-9-16)20(25)12-7-13-23-21(26)17-10-5-2-6-11-17/h1-6,8-11,18-19H,7,12-15,22H2,(H,23,26)/t18-,19+/m0/s1. The molecule has 3 N–H and O–H groups in total. The molecule has 136 valence electrons. The van der Waals surface area contributed by atoms with Gasteiger partial charge in [0.05, 0.1) is 0 Å². The average Bonchev–Trinajstić information content (AvgIpc) is 3.08. The number of hydrogen-bond acceptors (Lipinski definition) is 3. The van der Waals surface area contributed by atoms with E-state index in [-0.39, 0.29) is 23.8 Å². The van der Waals surface area contributed by atoms with Gasteiger partial charge < -0.3 is 16.0 Å². The molecule has 5 heteroatoms. The minimum atomic E-state index is -0.106. The second-order valence-corrected chi connectivity index (χ2v) is 6.71. The van der Waals surface area contributed by atoms with Crippen LogP contribution in [0.2, 0.25) is 0 Å². The van der Waals surface area contributed by atoms with E-state index >= 15 is 0 Å². The van der Waals surface area contributed by atoms with E-state index in [9.17, 15) is 9.59 Å². The summed E-state index contributed by atoms with van der Waals surface area (Å²) in [5.74, 6) is 0.191. The molecule has 0 aliphatic carbocycles. The summed E-state index contributed by atoms with van der Waals surface area (Å²) in [5, 5.41) is 2.85. The summed E-state index contributed by atoms with van der Waals surface area (Å²) >= 11 is 0. The number of nitrogens with zero attached hydrogens (tertiary/aromatic N) is 1. The monoisotopic (exact) mass is 351 g/mol. The summed E-state index contributed by atoms with van der Waals surface area (Å²) in [5.41, 5.74) is 8.07. The maximum absolute atomic E-state index is 12.4. The van der Waals surface area contributed by atoms with Gasteiger partial charge in [0.1, 0.15) is 0 Å². The molecule has 1 fully saturated rings. The number of amides is 2. The van der Waals surface area contributed by atoms with Gasteiger partial charge in [-0.2, -0.15) is 0 Å². The summed E-state index contributed by atoms with van der Waals surface area (Å²) in [4.78, 5) is 26.3. The molecule has 0 bridgehead atoms. The van der Waals surface area contributed by atoms with Gasteiger partial charge >= 0.3 is 0 Å². The highest BCUT2D eigenvalue weighted by atomic mass is 16.2. The molecule has 1 heterocycles. The summed E-state index contributed by atoms with van der Waals surface area (Å²) in [6.07, 6.45) is 1.04. The molecule has 2 amide bonds. The predicted octanol–water partition coefficient (Wildman–Crippen LogP) is 2.15. The third-order valence-electron chi connectivity index (χ3n) is 4.83. The lowest BCUT2D eigenvalue weighted by atomic mass is 9.95. The second-order valence-electron chi connectivity index (χ2n) is 6.71. The van der Waals surface area contributed by atoms with Crippen molar-refractivity contribution in [1.29, 1.82) is 0 Å². The molecule has 5 nitrogen and oxygen atoms in total. The SMILES string of the molecule is N[C@@H]1CN(C(=O)CCCNC(=O)c2ccccc2)C[C@H]1c1ccccc1. The largest absolute Gasteiger partial charge is 0.352 e. The number of hydrogen-bond donors (Lipinski definition) is 2. The van der Waals surface area contributed by atoms with Gasteiger partial charge in [0.2, 0.25) is 5.91 Å². The van der Waals surface area contributed by atoms with Crippen LogP contribution in [0.4, 0.5) is 0 Å². The van der Waals surface area contributed by atoms with Gasteiger partial charge in [-0.1, -0.05) is 48.5 Å². The third-order valence-corrected chi connectivity index (χ3v) is 4.83. The van der Waals surface area contributed by atoms with Crippen LogP contribution >= 0.6 is 0 Å². The van der Waals surface area contributed by atoms with Crippen molar-refractivity contribution in [2.24, 2.45) is 5.73 Å². The Bertz CT molecular complexity index is 733. The van der Waals surface area contributed by atoms with Crippen molar-refractivity contribution in [3.05, 3.63) is 71.8 Å². The summed E-state index contributed by atoms with van der Waals surface area (Å²) < 4.78 is 0. The average molecular weight is 351 g/mol. The molecule has 2 aromatic carbocycles. The minimum absolute atomic E-state index is 0.0286. The zero-order valence-electron chi connectivity index (χ0n) is 14.8.